The van der Waals surface area contributed by atoms with Crippen LogP contribution in [-0.4, -0.2) is 5.78 Å². The van der Waals surface area contributed by atoms with E-state index < -0.39 is 0 Å². The predicted molar refractivity (Wildman–Crippen MR) is 55.4 cm³/mol. The van der Waals surface area contributed by atoms with Crippen LogP contribution in [0.3, 0.4) is 0 Å². The summed E-state index contributed by atoms with van der Waals surface area (Å²) in [5, 5.41) is 1.99. The van der Waals surface area contributed by atoms with Gasteiger partial charge in [0.1, 0.15) is 0 Å². The second kappa shape index (κ2) is 6.80. The second-order valence-corrected chi connectivity index (χ2v) is 2.94. The number of ketones is 1. The smallest absolute Gasteiger partial charge is 0.152 e. The molecule has 0 saturated carbocycles. The van der Waals surface area contributed by atoms with Crippen LogP contribution >= 0.6 is 11.3 Å². The second-order valence-electron chi connectivity index (χ2n) is 1.96. The van der Waals surface area contributed by atoms with Crippen molar-refractivity contribution in [3.63, 3.8) is 0 Å². The van der Waals surface area contributed by atoms with Gasteiger partial charge in [0.25, 0.3) is 0 Å². The molecule has 0 unspecified atom stereocenters. The normalized spacial score (nSPS) is 9.25. The van der Waals surface area contributed by atoms with Crippen LogP contribution in [0.15, 0.2) is 23.6 Å². The van der Waals surface area contributed by atoms with Crippen LogP contribution < -0.4 is 0 Å². The molecule has 0 N–H and O–H groups in total. The van der Waals surface area contributed by atoms with Gasteiger partial charge in [-0.05, 0) is 30.5 Å². The highest BCUT2D eigenvalue weighted by Gasteiger charge is 1.85. The molecule has 2 heteroatoms. The van der Waals surface area contributed by atoms with Crippen LogP contribution in [0.25, 0.3) is 6.08 Å². The van der Waals surface area contributed by atoms with E-state index in [1.807, 2.05) is 37.4 Å². The van der Waals surface area contributed by atoms with E-state index in [0.29, 0.717) is 0 Å². The molecule has 0 aromatic carbocycles. The van der Waals surface area contributed by atoms with Crippen LogP contribution in [0, 0.1) is 0 Å². The first-order valence-corrected chi connectivity index (χ1v) is 4.89. The molecule has 0 aliphatic heterocycles. The molecule has 66 valence electrons. The molecule has 1 rings (SSSR count). The summed E-state index contributed by atoms with van der Waals surface area (Å²) in [5.74, 6) is 0.0911. The first-order chi connectivity index (χ1) is 5.79. The topological polar surface area (TPSA) is 17.1 Å². The van der Waals surface area contributed by atoms with Crippen molar-refractivity contribution in [2.24, 2.45) is 0 Å². The fourth-order valence-corrected chi connectivity index (χ4v) is 1.20. The van der Waals surface area contributed by atoms with Gasteiger partial charge in [-0.3, -0.25) is 4.79 Å². The minimum atomic E-state index is 0.0911. The number of hydrogen-bond donors (Lipinski definition) is 0. The SMILES string of the molecule is CC.CC(=O)/C=C/c1cccs1. The first-order valence-electron chi connectivity index (χ1n) is 4.01. The maximum atomic E-state index is 10.5. The average molecular weight is 182 g/mol. The van der Waals surface area contributed by atoms with E-state index in [1.54, 1.807) is 24.3 Å². The van der Waals surface area contributed by atoms with Gasteiger partial charge in [0.2, 0.25) is 0 Å². The van der Waals surface area contributed by atoms with Crippen molar-refractivity contribution in [2.45, 2.75) is 20.8 Å². The zero-order chi connectivity index (χ0) is 9.40. The maximum absolute atomic E-state index is 10.5. The van der Waals surface area contributed by atoms with Crippen LogP contribution in [-0.2, 0) is 4.79 Å². The lowest BCUT2D eigenvalue weighted by molar-refractivity contribution is -0.112. The third-order valence-corrected chi connectivity index (χ3v) is 1.86. The number of carbonyl (C=O) groups is 1. The Morgan fingerprint density at radius 2 is 2.17 bits per heavy atom. The Balaban J connectivity index is 0.000000561. The molecule has 1 aromatic heterocycles. The maximum Gasteiger partial charge on any atom is 0.152 e. The Bertz CT molecular complexity index is 234. The highest BCUT2D eigenvalue weighted by molar-refractivity contribution is 7.10. The minimum absolute atomic E-state index is 0.0911. The van der Waals surface area contributed by atoms with Gasteiger partial charge in [-0.25, -0.2) is 0 Å². The molecule has 0 spiro atoms. The molecule has 1 aromatic rings. The van der Waals surface area contributed by atoms with E-state index in [2.05, 4.69) is 0 Å². The van der Waals surface area contributed by atoms with Crippen LogP contribution in [0.1, 0.15) is 25.6 Å². The van der Waals surface area contributed by atoms with Gasteiger partial charge in [-0.2, -0.15) is 0 Å². The van der Waals surface area contributed by atoms with Crippen LogP contribution in [0.2, 0.25) is 0 Å². The fraction of sp³-hybridized carbons (Fsp3) is 0.300. The summed E-state index contributed by atoms with van der Waals surface area (Å²) < 4.78 is 0. The number of carbonyl (C=O) groups excluding carboxylic acids is 1. The van der Waals surface area contributed by atoms with E-state index in [1.165, 1.54) is 0 Å². The summed E-state index contributed by atoms with van der Waals surface area (Å²) in [6, 6.07) is 3.94. The highest BCUT2D eigenvalue weighted by atomic mass is 32.1. The molecule has 0 aliphatic rings. The van der Waals surface area contributed by atoms with Crippen LogP contribution in [0.4, 0.5) is 0 Å². The fourth-order valence-electron chi connectivity index (χ4n) is 0.586. The van der Waals surface area contributed by atoms with Gasteiger partial charge in [0, 0.05) is 4.88 Å². The molecule has 0 radical (unpaired) electrons. The molecule has 1 nitrogen and oxygen atoms in total. The molecule has 0 atom stereocenters. The van der Waals surface area contributed by atoms with Crippen molar-refractivity contribution in [3.8, 4) is 0 Å². The van der Waals surface area contributed by atoms with Gasteiger partial charge in [-0.15, -0.1) is 11.3 Å². The van der Waals surface area contributed by atoms with Gasteiger partial charge in [0.05, 0.1) is 0 Å². The number of hydrogen-bond acceptors (Lipinski definition) is 2. The summed E-state index contributed by atoms with van der Waals surface area (Å²) >= 11 is 1.63. The molecule has 0 amide bonds. The molecular weight excluding hydrogens is 168 g/mol. The number of rotatable bonds is 2. The zero-order valence-corrected chi connectivity index (χ0v) is 8.52. The number of thiophene rings is 1. The monoisotopic (exact) mass is 182 g/mol. The molecule has 1 heterocycles. The summed E-state index contributed by atoms with van der Waals surface area (Å²) in [4.78, 5) is 11.6. The van der Waals surface area contributed by atoms with Gasteiger partial charge in [0.15, 0.2) is 5.78 Å². The Morgan fingerprint density at radius 3 is 2.58 bits per heavy atom. The Morgan fingerprint density at radius 1 is 1.50 bits per heavy atom. The summed E-state index contributed by atoms with van der Waals surface area (Å²) in [7, 11) is 0. The Labute approximate surface area is 77.7 Å². The third kappa shape index (κ3) is 4.85. The van der Waals surface area contributed by atoms with Gasteiger partial charge < -0.3 is 0 Å². The van der Waals surface area contributed by atoms with E-state index in [9.17, 15) is 4.79 Å². The Hall–Kier alpha value is -0.890. The standard InChI is InChI=1S/C8H8OS.C2H6/c1-7(9)4-5-8-3-2-6-10-8;1-2/h2-6H,1H3;1-2H3/b5-4+;. The lowest BCUT2D eigenvalue weighted by Crippen LogP contribution is -1.77. The van der Waals surface area contributed by atoms with Crippen LogP contribution in [0.5, 0.6) is 0 Å². The van der Waals surface area contributed by atoms with Crippen molar-refractivity contribution < 1.29 is 4.79 Å². The van der Waals surface area contributed by atoms with E-state index in [-0.39, 0.29) is 5.78 Å². The van der Waals surface area contributed by atoms with Gasteiger partial charge >= 0.3 is 0 Å². The quantitative estimate of drug-likeness (QED) is 0.641. The van der Waals surface area contributed by atoms with Crippen molar-refractivity contribution in [3.05, 3.63) is 28.5 Å². The molecule has 0 aliphatic carbocycles. The van der Waals surface area contributed by atoms with E-state index in [4.69, 9.17) is 0 Å². The lowest BCUT2D eigenvalue weighted by atomic mass is 10.3. The lowest BCUT2D eigenvalue weighted by Gasteiger charge is -1.79. The van der Waals surface area contributed by atoms with E-state index in [0.717, 1.165) is 4.88 Å². The van der Waals surface area contributed by atoms with Crippen molar-refractivity contribution >= 4 is 23.2 Å². The van der Waals surface area contributed by atoms with Crippen molar-refractivity contribution in [2.75, 3.05) is 0 Å². The predicted octanol–water partition coefficient (Wildman–Crippen LogP) is 3.38. The summed E-state index contributed by atoms with van der Waals surface area (Å²) in [6.07, 6.45) is 3.40. The zero-order valence-electron chi connectivity index (χ0n) is 7.70. The number of allylic oxidation sites excluding steroid dienone is 1. The minimum Gasteiger partial charge on any atom is -0.295 e. The average Bonchev–Trinajstić information content (AvgIpc) is 2.56. The first kappa shape index (κ1) is 11.1. The molecular formula is C10H14OS. The molecule has 0 bridgehead atoms. The molecule has 0 saturated heterocycles. The summed E-state index contributed by atoms with van der Waals surface area (Å²) in [6.45, 7) is 5.55. The Kier molecular flexibility index (Phi) is 6.29. The molecule has 12 heavy (non-hydrogen) atoms. The van der Waals surface area contributed by atoms with E-state index >= 15 is 0 Å². The summed E-state index contributed by atoms with van der Waals surface area (Å²) in [5.41, 5.74) is 0. The molecule has 0 fully saturated rings. The highest BCUT2D eigenvalue weighted by Crippen LogP contribution is 2.09. The largest absolute Gasteiger partial charge is 0.295 e. The van der Waals surface area contributed by atoms with Gasteiger partial charge in [-0.1, -0.05) is 19.9 Å². The van der Waals surface area contributed by atoms with Crippen molar-refractivity contribution in [1.82, 2.24) is 0 Å². The third-order valence-electron chi connectivity index (χ3n) is 1.03. The van der Waals surface area contributed by atoms with Crippen molar-refractivity contribution in [1.29, 1.82) is 0 Å².